The number of alkyl halides is 3. The highest BCUT2D eigenvalue weighted by Gasteiger charge is 2.33. The van der Waals surface area contributed by atoms with E-state index >= 15 is 0 Å². The van der Waals surface area contributed by atoms with Crippen LogP contribution in [-0.4, -0.2) is 43.9 Å². The lowest BCUT2D eigenvalue weighted by molar-refractivity contribution is -0.274. The van der Waals surface area contributed by atoms with Gasteiger partial charge in [0.25, 0.3) is 0 Å². The van der Waals surface area contributed by atoms with Crippen LogP contribution in [0.5, 0.6) is 5.75 Å². The van der Waals surface area contributed by atoms with Crippen LogP contribution in [0.2, 0.25) is 0 Å². The molecule has 1 aromatic carbocycles. The van der Waals surface area contributed by atoms with E-state index in [2.05, 4.69) is 19.4 Å². The van der Waals surface area contributed by atoms with Gasteiger partial charge < -0.3 is 9.64 Å². The van der Waals surface area contributed by atoms with Crippen molar-refractivity contribution in [1.82, 2.24) is 14.7 Å². The van der Waals surface area contributed by atoms with Gasteiger partial charge in [-0.3, -0.25) is 4.98 Å². The molecule has 0 unspecified atom stereocenters. The van der Waals surface area contributed by atoms with Crippen LogP contribution in [-0.2, 0) is 10.0 Å². The first-order valence-corrected chi connectivity index (χ1v) is 8.60. The molecule has 1 N–H and O–H groups in total. The Kier molecular flexibility index (Phi) is 4.52. The van der Waals surface area contributed by atoms with Crippen LogP contribution in [0.3, 0.4) is 0 Å². The van der Waals surface area contributed by atoms with E-state index in [1.165, 1.54) is 12.4 Å². The van der Waals surface area contributed by atoms with Crippen LogP contribution < -0.4 is 14.4 Å². The zero-order valence-corrected chi connectivity index (χ0v) is 13.5. The molecule has 0 spiro atoms. The summed E-state index contributed by atoms with van der Waals surface area (Å²) in [6.07, 6.45) is -0.175. The molecule has 11 heteroatoms. The number of benzene rings is 1. The Morgan fingerprint density at radius 3 is 2.40 bits per heavy atom. The van der Waals surface area contributed by atoms with Crippen LogP contribution in [0.25, 0.3) is 0 Å². The fraction of sp³-hybridized carbons (Fsp3) is 0.286. The van der Waals surface area contributed by atoms with E-state index in [-0.39, 0.29) is 10.9 Å². The van der Waals surface area contributed by atoms with Crippen molar-refractivity contribution in [2.75, 3.05) is 18.0 Å². The maximum absolute atomic E-state index is 12.3. The van der Waals surface area contributed by atoms with Crippen molar-refractivity contribution in [3.63, 3.8) is 0 Å². The molecule has 134 valence electrons. The second kappa shape index (κ2) is 6.48. The molecule has 0 radical (unpaired) electrons. The normalized spacial score (nSPS) is 15.7. The van der Waals surface area contributed by atoms with E-state index in [4.69, 9.17) is 0 Å². The summed E-state index contributed by atoms with van der Waals surface area (Å²) in [5.41, 5.74) is 0. The summed E-state index contributed by atoms with van der Waals surface area (Å²) in [5.74, 6) is 0.163. The fourth-order valence-electron chi connectivity index (χ4n) is 2.30. The molecular formula is C14H13F3N4O3S. The first-order chi connectivity index (χ1) is 11.7. The van der Waals surface area contributed by atoms with Gasteiger partial charge in [0, 0.05) is 25.5 Å². The first kappa shape index (κ1) is 17.4. The molecule has 2 heterocycles. The number of hydrogen-bond acceptors (Lipinski definition) is 6. The van der Waals surface area contributed by atoms with E-state index in [9.17, 15) is 21.6 Å². The van der Waals surface area contributed by atoms with Crippen molar-refractivity contribution < 1.29 is 26.3 Å². The smallest absolute Gasteiger partial charge is 0.406 e. The maximum Gasteiger partial charge on any atom is 0.573 e. The topological polar surface area (TPSA) is 84.4 Å². The molecule has 25 heavy (non-hydrogen) atoms. The zero-order valence-electron chi connectivity index (χ0n) is 12.6. The first-order valence-electron chi connectivity index (χ1n) is 7.12. The number of aromatic nitrogens is 2. The van der Waals surface area contributed by atoms with Crippen molar-refractivity contribution >= 4 is 15.8 Å². The van der Waals surface area contributed by atoms with Crippen LogP contribution in [0.1, 0.15) is 0 Å². The van der Waals surface area contributed by atoms with Crippen LogP contribution >= 0.6 is 0 Å². The molecule has 3 rings (SSSR count). The molecule has 1 saturated heterocycles. The molecule has 1 fully saturated rings. The molecule has 7 nitrogen and oxygen atoms in total. The van der Waals surface area contributed by atoms with E-state index in [1.54, 1.807) is 6.20 Å². The molecule has 2 aromatic rings. The third kappa shape index (κ3) is 4.37. The van der Waals surface area contributed by atoms with Gasteiger partial charge in [0.1, 0.15) is 11.6 Å². The maximum atomic E-state index is 12.3. The number of anilines is 1. The predicted molar refractivity (Wildman–Crippen MR) is 81.5 cm³/mol. The Hall–Kier alpha value is -2.40. The lowest BCUT2D eigenvalue weighted by atomic mass is 10.1. The average molecular weight is 374 g/mol. The Bertz CT molecular complexity index is 823. The SMILES string of the molecule is O=S(=O)(NC1CN(c2cnccn2)C1)c1ccc(OC(F)(F)F)cc1. The number of rotatable bonds is 5. The number of nitrogens with one attached hydrogen (secondary N) is 1. The minimum atomic E-state index is -4.83. The number of sulfonamides is 1. The molecule has 0 atom stereocenters. The summed E-state index contributed by atoms with van der Waals surface area (Å²) >= 11 is 0. The van der Waals surface area contributed by atoms with Gasteiger partial charge in [-0.1, -0.05) is 0 Å². The van der Waals surface area contributed by atoms with Gasteiger partial charge in [-0.2, -0.15) is 0 Å². The van der Waals surface area contributed by atoms with Gasteiger partial charge in [-0.25, -0.2) is 18.1 Å². The lowest BCUT2D eigenvalue weighted by Gasteiger charge is -2.39. The molecule has 1 aromatic heterocycles. The summed E-state index contributed by atoms with van der Waals surface area (Å²) in [5, 5.41) is 0. The Morgan fingerprint density at radius 2 is 1.84 bits per heavy atom. The van der Waals surface area contributed by atoms with Gasteiger partial charge in [0.05, 0.1) is 17.1 Å². The van der Waals surface area contributed by atoms with Gasteiger partial charge in [-0.15, -0.1) is 13.2 Å². The Morgan fingerprint density at radius 1 is 1.16 bits per heavy atom. The summed E-state index contributed by atoms with van der Waals surface area (Å²) in [6, 6.07) is 3.70. The van der Waals surface area contributed by atoms with Crippen molar-refractivity contribution in [3.8, 4) is 5.75 Å². The predicted octanol–water partition coefficient (Wildman–Crippen LogP) is 1.54. The minimum Gasteiger partial charge on any atom is -0.406 e. The fourth-order valence-corrected chi connectivity index (χ4v) is 3.52. The number of ether oxygens (including phenoxy) is 1. The quantitative estimate of drug-likeness (QED) is 0.855. The molecule has 1 aliphatic rings. The average Bonchev–Trinajstić information content (AvgIpc) is 2.50. The highest BCUT2D eigenvalue weighted by Crippen LogP contribution is 2.24. The monoisotopic (exact) mass is 374 g/mol. The molecule has 0 amide bonds. The van der Waals surface area contributed by atoms with Gasteiger partial charge in [-0.05, 0) is 24.3 Å². The Balaban J connectivity index is 1.59. The van der Waals surface area contributed by atoms with E-state index in [0.717, 1.165) is 24.3 Å². The zero-order chi connectivity index (χ0) is 18.1. The Labute approximate surface area is 141 Å². The van der Waals surface area contributed by atoms with Gasteiger partial charge >= 0.3 is 6.36 Å². The summed E-state index contributed by atoms with van der Waals surface area (Å²) < 4.78 is 67.0. The standard InChI is InChI=1S/C14H13F3N4O3S/c15-14(16,17)24-11-1-3-12(4-2-11)25(22,23)20-10-8-21(9-10)13-7-18-5-6-19-13/h1-7,10,20H,8-9H2. The number of hydrogen-bond donors (Lipinski definition) is 1. The van der Waals surface area contributed by atoms with E-state index in [1.807, 2.05) is 4.90 Å². The summed E-state index contributed by atoms with van der Waals surface area (Å²) in [6.45, 7) is 0.848. The van der Waals surface area contributed by atoms with Crippen LogP contribution in [0.15, 0.2) is 47.8 Å². The van der Waals surface area contributed by atoms with Crippen molar-refractivity contribution in [2.24, 2.45) is 0 Å². The van der Waals surface area contributed by atoms with Crippen molar-refractivity contribution in [1.29, 1.82) is 0 Å². The van der Waals surface area contributed by atoms with Gasteiger partial charge in [0.2, 0.25) is 10.0 Å². The third-order valence-electron chi connectivity index (χ3n) is 3.44. The van der Waals surface area contributed by atoms with Crippen molar-refractivity contribution in [3.05, 3.63) is 42.9 Å². The molecule has 0 aliphatic carbocycles. The molecule has 0 bridgehead atoms. The van der Waals surface area contributed by atoms with Crippen LogP contribution in [0, 0.1) is 0 Å². The van der Waals surface area contributed by atoms with Gasteiger partial charge in [0.15, 0.2) is 0 Å². The van der Waals surface area contributed by atoms with Crippen molar-refractivity contribution in [2.45, 2.75) is 17.3 Å². The lowest BCUT2D eigenvalue weighted by Crippen LogP contribution is -2.59. The highest BCUT2D eigenvalue weighted by atomic mass is 32.2. The second-order valence-electron chi connectivity index (χ2n) is 5.31. The van der Waals surface area contributed by atoms with Crippen LogP contribution in [0.4, 0.5) is 19.0 Å². The van der Waals surface area contributed by atoms with E-state index < -0.39 is 22.1 Å². The minimum absolute atomic E-state index is 0.139. The summed E-state index contributed by atoms with van der Waals surface area (Å²) in [4.78, 5) is 9.75. The number of halogens is 3. The molecular weight excluding hydrogens is 361 g/mol. The highest BCUT2D eigenvalue weighted by molar-refractivity contribution is 7.89. The molecule has 1 aliphatic heterocycles. The third-order valence-corrected chi connectivity index (χ3v) is 4.98. The number of nitrogens with zero attached hydrogens (tertiary/aromatic N) is 3. The molecule has 0 saturated carbocycles. The van der Waals surface area contributed by atoms with E-state index in [0.29, 0.717) is 18.9 Å². The summed E-state index contributed by atoms with van der Waals surface area (Å²) in [7, 11) is -3.84. The largest absolute Gasteiger partial charge is 0.573 e. The second-order valence-corrected chi connectivity index (χ2v) is 7.02.